The van der Waals surface area contributed by atoms with Gasteiger partial charge in [-0.05, 0) is 36.2 Å². The van der Waals surface area contributed by atoms with E-state index in [0.29, 0.717) is 22.6 Å². The number of methoxy groups -OCH3 is 1. The lowest BCUT2D eigenvalue weighted by Gasteiger charge is -2.14. The van der Waals surface area contributed by atoms with Gasteiger partial charge < -0.3 is 9.84 Å². The van der Waals surface area contributed by atoms with Crippen LogP contribution in [-0.2, 0) is 0 Å². The molecule has 1 aromatic heterocycles. The van der Waals surface area contributed by atoms with Gasteiger partial charge in [0, 0.05) is 6.20 Å². The third kappa shape index (κ3) is 2.33. The minimum Gasteiger partial charge on any atom is -0.495 e. The van der Waals surface area contributed by atoms with Crippen LogP contribution in [0, 0.1) is 12.7 Å². The Balaban J connectivity index is 2.41. The number of aliphatic hydroxyl groups excluding tert-OH is 1. The van der Waals surface area contributed by atoms with Crippen molar-refractivity contribution in [2.24, 2.45) is 0 Å². The van der Waals surface area contributed by atoms with E-state index in [1.54, 1.807) is 37.4 Å². The van der Waals surface area contributed by atoms with E-state index in [1.165, 1.54) is 13.2 Å². The highest BCUT2D eigenvalue weighted by Gasteiger charge is 2.17. The van der Waals surface area contributed by atoms with Crippen molar-refractivity contribution in [3.63, 3.8) is 0 Å². The first-order chi connectivity index (χ1) is 8.63. The highest BCUT2D eigenvalue weighted by atomic mass is 19.1. The number of halogens is 1. The number of aryl methyl sites for hydroxylation is 1. The lowest BCUT2D eigenvalue weighted by atomic mass is 10.0. The van der Waals surface area contributed by atoms with Crippen LogP contribution >= 0.6 is 0 Å². The highest BCUT2D eigenvalue weighted by Crippen LogP contribution is 2.28. The van der Waals surface area contributed by atoms with E-state index in [0.717, 1.165) is 0 Å². The fraction of sp³-hybridized carbons (Fsp3) is 0.214. The number of ether oxygens (including phenoxy) is 1. The van der Waals surface area contributed by atoms with Gasteiger partial charge in [0.15, 0.2) is 0 Å². The zero-order valence-corrected chi connectivity index (χ0v) is 10.2. The molecule has 18 heavy (non-hydrogen) atoms. The molecule has 1 N–H and O–H groups in total. The molecule has 0 fully saturated rings. The largest absolute Gasteiger partial charge is 0.495 e. The molecule has 0 amide bonds. The third-order valence-corrected chi connectivity index (χ3v) is 2.79. The lowest BCUT2D eigenvalue weighted by molar-refractivity contribution is 0.208. The first-order valence-corrected chi connectivity index (χ1v) is 5.56. The van der Waals surface area contributed by atoms with Crippen LogP contribution in [0.4, 0.5) is 4.39 Å². The summed E-state index contributed by atoms with van der Waals surface area (Å²) in [6.45, 7) is 1.67. The van der Waals surface area contributed by atoms with Crippen LogP contribution in [0.25, 0.3) is 0 Å². The van der Waals surface area contributed by atoms with Gasteiger partial charge in [-0.1, -0.05) is 12.1 Å². The first kappa shape index (κ1) is 12.5. The van der Waals surface area contributed by atoms with Gasteiger partial charge in [0.1, 0.15) is 23.4 Å². The van der Waals surface area contributed by atoms with Crippen molar-refractivity contribution in [1.82, 2.24) is 4.98 Å². The summed E-state index contributed by atoms with van der Waals surface area (Å²) in [5, 5.41) is 10.2. The number of aliphatic hydroxyl groups is 1. The monoisotopic (exact) mass is 247 g/mol. The molecule has 3 nitrogen and oxygen atoms in total. The predicted octanol–water partition coefficient (Wildman–Crippen LogP) is 2.62. The number of rotatable bonds is 3. The fourth-order valence-corrected chi connectivity index (χ4v) is 1.72. The van der Waals surface area contributed by atoms with E-state index in [-0.39, 0.29) is 5.82 Å². The van der Waals surface area contributed by atoms with Crippen molar-refractivity contribution in [1.29, 1.82) is 0 Å². The van der Waals surface area contributed by atoms with Crippen LogP contribution in [-0.4, -0.2) is 17.2 Å². The second kappa shape index (κ2) is 5.14. The van der Waals surface area contributed by atoms with Crippen LogP contribution < -0.4 is 4.74 Å². The smallest absolute Gasteiger partial charge is 0.143 e. The standard InChI is InChI=1S/C14H14FNO2/c1-9-5-6-10(8-11(9)15)14(17)13-12(18-2)4-3-7-16-13/h3-8,14,17H,1-2H3. The van der Waals surface area contributed by atoms with Crippen LogP contribution in [0.5, 0.6) is 5.75 Å². The molecule has 1 heterocycles. The van der Waals surface area contributed by atoms with E-state index in [9.17, 15) is 9.50 Å². The number of benzene rings is 1. The Hall–Kier alpha value is -1.94. The van der Waals surface area contributed by atoms with Gasteiger partial charge >= 0.3 is 0 Å². The summed E-state index contributed by atoms with van der Waals surface area (Å²) >= 11 is 0. The van der Waals surface area contributed by atoms with Crippen molar-refractivity contribution in [3.8, 4) is 5.75 Å². The van der Waals surface area contributed by atoms with E-state index in [4.69, 9.17) is 4.74 Å². The van der Waals surface area contributed by atoms with Crippen molar-refractivity contribution >= 4 is 0 Å². The molecular formula is C14H14FNO2. The van der Waals surface area contributed by atoms with Crippen molar-refractivity contribution in [2.45, 2.75) is 13.0 Å². The average molecular weight is 247 g/mol. The molecule has 1 aromatic carbocycles. The summed E-state index contributed by atoms with van der Waals surface area (Å²) < 4.78 is 18.6. The second-order valence-electron chi connectivity index (χ2n) is 4.00. The maximum atomic E-state index is 13.5. The molecule has 94 valence electrons. The molecule has 0 spiro atoms. The molecule has 4 heteroatoms. The Labute approximate surface area is 105 Å². The molecule has 0 aliphatic heterocycles. The maximum Gasteiger partial charge on any atom is 0.143 e. The molecule has 1 unspecified atom stereocenters. The number of nitrogens with zero attached hydrogens (tertiary/aromatic N) is 1. The molecule has 0 saturated heterocycles. The van der Waals surface area contributed by atoms with E-state index >= 15 is 0 Å². The van der Waals surface area contributed by atoms with E-state index in [2.05, 4.69) is 4.98 Å². The highest BCUT2D eigenvalue weighted by molar-refractivity contribution is 5.36. The van der Waals surface area contributed by atoms with E-state index < -0.39 is 6.10 Å². The summed E-state index contributed by atoms with van der Waals surface area (Å²) in [4.78, 5) is 4.08. The topological polar surface area (TPSA) is 42.4 Å². The molecule has 0 saturated carbocycles. The molecule has 0 aliphatic carbocycles. The van der Waals surface area contributed by atoms with Crippen LogP contribution in [0.15, 0.2) is 36.5 Å². The third-order valence-electron chi connectivity index (χ3n) is 2.79. The lowest BCUT2D eigenvalue weighted by Crippen LogP contribution is -2.05. The first-order valence-electron chi connectivity index (χ1n) is 5.56. The maximum absolute atomic E-state index is 13.5. The molecular weight excluding hydrogens is 233 g/mol. The Morgan fingerprint density at radius 1 is 1.33 bits per heavy atom. The molecule has 2 aromatic rings. The quantitative estimate of drug-likeness (QED) is 0.906. The van der Waals surface area contributed by atoms with Crippen LogP contribution in [0.2, 0.25) is 0 Å². The average Bonchev–Trinajstić information content (AvgIpc) is 2.41. The number of pyridine rings is 1. The van der Waals surface area contributed by atoms with Gasteiger partial charge in [0.2, 0.25) is 0 Å². The predicted molar refractivity (Wildman–Crippen MR) is 66.0 cm³/mol. The van der Waals surface area contributed by atoms with Gasteiger partial charge in [-0.3, -0.25) is 4.98 Å². The van der Waals surface area contributed by atoms with Gasteiger partial charge in [-0.2, -0.15) is 0 Å². The summed E-state index contributed by atoms with van der Waals surface area (Å²) in [5.41, 5.74) is 1.37. The number of hydrogen-bond donors (Lipinski definition) is 1. The summed E-state index contributed by atoms with van der Waals surface area (Å²) in [6.07, 6.45) is 0.558. The summed E-state index contributed by atoms with van der Waals surface area (Å²) in [7, 11) is 1.50. The van der Waals surface area contributed by atoms with Gasteiger partial charge in [-0.15, -0.1) is 0 Å². The summed E-state index contributed by atoms with van der Waals surface area (Å²) in [6, 6.07) is 8.04. The molecule has 0 bridgehead atoms. The van der Waals surface area contributed by atoms with Gasteiger partial charge in [0.25, 0.3) is 0 Å². The second-order valence-corrected chi connectivity index (χ2v) is 4.00. The Morgan fingerprint density at radius 3 is 2.78 bits per heavy atom. The Kier molecular flexibility index (Phi) is 3.58. The molecule has 1 atom stereocenters. The normalized spacial score (nSPS) is 12.2. The van der Waals surface area contributed by atoms with Gasteiger partial charge in [0.05, 0.1) is 7.11 Å². The van der Waals surface area contributed by atoms with Gasteiger partial charge in [-0.25, -0.2) is 4.39 Å². The molecule has 0 radical (unpaired) electrons. The SMILES string of the molecule is COc1cccnc1C(O)c1ccc(C)c(F)c1. The fourth-order valence-electron chi connectivity index (χ4n) is 1.72. The number of aromatic nitrogens is 1. The van der Waals surface area contributed by atoms with Crippen molar-refractivity contribution in [2.75, 3.05) is 7.11 Å². The Morgan fingerprint density at radius 2 is 2.11 bits per heavy atom. The van der Waals surface area contributed by atoms with Crippen molar-refractivity contribution < 1.29 is 14.2 Å². The minimum absolute atomic E-state index is 0.346. The molecule has 0 aliphatic rings. The summed E-state index contributed by atoms with van der Waals surface area (Å²) in [5.74, 6) is 0.132. The minimum atomic E-state index is -1.00. The van der Waals surface area contributed by atoms with E-state index in [1.807, 2.05) is 0 Å². The number of hydrogen-bond acceptors (Lipinski definition) is 3. The van der Waals surface area contributed by atoms with Crippen LogP contribution in [0.1, 0.15) is 22.9 Å². The van der Waals surface area contributed by atoms with Crippen LogP contribution in [0.3, 0.4) is 0 Å². The Bertz CT molecular complexity index is 557. The zero-order chi connectivity index (χ0) is 13.1. The molecule has 2 rings (SSSR count). The van der Waals surface area contributed by atoms with Crippen molar-refractivity contribution in [3.05, 3.63) is 59.2 Å². The zero-order valence-electron chi connectivity index (χ0n) is 10.2.